The number of nitrogens with zero attached hydrogens (tertiary/aromatic N) is 1. The molecular formula is C20H22F2N3O8P. The van der Waals surface area contributed by atoms with Gasteiger partial charge in [0.05, 0.1) is 13.2 Å². The van der Waals surface area contributed by atoms with Gasteiger partial charge in [-0.3, -0.25) is 14.2 Å². The molecule has 3 aliphatic rings. The van der Waals surface area contributed by atoms with Gasteiger partial charge in [0.2, 0.25) is 6.23 Å². The number of carbonyl (C=O) groups is 2. The maximum absolute atomic E-state index is 14.8. The molecule has 3 heterocycles. The minimum Gasteiger partial charge on any atom is -0.464 e. The van der Waals surface area contributed by atoms with Crippen molar-refractivity contribution in [2.24, 2.45) is 0 Å². The van der Waals surface area contributed by atoms with Gasteiger partial charge in [-0.15, -0.1) is 0 Å². The Morgan fingerprint density at radius 3 is 2.71 bits per heavy atom. The van der Waals surface area contributed by atoms with Crippen LogP contribution in [-0.2, 0) is 23.4 Å². The van der Waals surface area contributed by atoms with Crippen molar-refractivity contribution in [1.82, 2.24) is 15.3 Å². The molecule has 0 radical (unpaired) electrons. The molecule has 11 nitrogen and oxygen atoms in total. The summed E-state index contributed by atoms with van der Waals surface area (Å²) in [6, 6.07) is 5.91. The zero-order chi connectivity index (χ0) is 24.5. The Morgan fingerprint density at radius 2 is 2.06 bits per heavy atom. The van der Waals surface area contributed by atoms with Crippen molar-refractivity contribution in [3.8, 4) is 5.75 Å². The van der Waals surface area contributed by atoms with E-state index >= 15 is 0 Å². The highest BCUT2D eigenvalue weighted by Crippen LogP contribution is 2.47. The number of para-hydroxylation sites is 1. The van der Waals surface area contributed by atoms with Gasteiger partial charge >= 0.3 is 25.7 Å². The van der Waals surface area contributed by atoms with Crippen molar-refractivity contribution < 1.29 is 46.6 Å². The molecule has 0 aliphatic carbocycles. The molecule has 2 amide bonds. The number of carbonyl (C=O) groups excluding carboxylic acids is 2. The lowest BCUT2D eigenvalue weighted by Gasteiger charge is -2.31. The van der Waals surface area contributed by atoms with Gasteiger partial charge in [-0.05, 0) is 18.2 Å². The standard InChI is InChI=1S/C20H22F2N3O8P/c1-12-7-9-25(19(28)23-12)18-20(21,22)16(26)15(32-18)11-31-34(29,24-14-8-10-30-17(14)27)33-13-5-3-2-4-6-13/h2-7,9,14-16,18,26H,1,8,10-11H2,(H,23,28)(H,24,29)/t14-,15+,16+,18+,34-/m0/s1. The first-order valence-electron chi connectivity index (χ1n) is 10.2. The predicted octanol–water partition coefficient (Wildman–Crippen LogP) is 1.87. The number of nitrogens with one attached hydrogen (secondary N) is 2. The number of amides is 2. The van der Waals surface area contributed by atoms with Gasteiger partial charge in [0.25, 0.3) is 0 Å². The minimum absolute atomic E-state index is 0.0953. The molecule has 3 aliphatic heterocycles. The summed E-state index contributed by atoms with van der Waals surface area (Å²) < 4.78 is 63.7. The number of ether oxygens (including phenoxy) is 2. The molecule has 1 aromatic carbocycles. The van der Waals surface area contributed by atoms with Crippen LogP contribution in [0.5, 0.6) is 5.75 Å². The number of aliphatic hydroxyl groups excluding tert-OH is 1. The highest BCUT2D eigenvalue weighted by molar-refractivity contribution is 7.52. The predicted molar refractivity (Wildman–Crippen MR) is 111 cm³/mol. The summed E-state index contributed by atoms with van der Waals surface area (Å²) in [7, 11) is -4.33. The van der Waals surface area contributed by atoms with Crippen molar-refractivity contribution >= 4 is 19.7 Å². The maximum atomic E-state index is 14.8. The number of hydrogen-bond donors (Lipinski definition) is 3. The summed E-state index contributed by atoms with van der Waals surface area (Å²) in [5.74, 6) is -4.44. The third-order valence-corrected chi connectivity index (χ3v) is 6.77. The quantitative estimate of drug-likeness (QED) is 0.360. The molecule has 0 bridgehead atoms. The summed E-state index contributed by atoms with van der Waals surface area (Å²) in [5, 5.41) is 14.9. The van der Waals surface area contributed by atoms with Crippen LogP contribution in [0.25, 0.3) is 0 Å². The third kappa shape index (κ3) is 4.98. The molecular weight excluding hydrogens is 479 g/mol. The topological polar surface area (TPSA) is 136 Å². The lowest BCUT2D eigenvalue weighted by molar-refractivity contribution is -0.145. The Bertz CT molecular complexity index is 1040. The van der Waals surface area contributed by atoms with E-state index in [0.29, 0.717) is 4.90 Å². The van der Waals surface area contributed by atoms with E-state index in [0.717, 1.165) is 6.20 Å². The Labute approximate surface area is 192 Å². The molecule has 2 saturated heterocycles. The van der Waals surface area contributed by atoms with Crippen LogP contribution < -0.4 is 14.9 Å². The Hall–Kier alpha value is -2.83. The number of halogens is 2. The summed E-state index contributed by atoms with van der Waals surface area (Å²) >= 11 is 0. The van der Waals surface area contributed by atoms with E-state index in [9.17, 15) is 28.0 Å². The molecule has 0 aromatic heterocycles. The molecule has 1 aromatic rings. The van der Waals surface area contributed by atoms with Crippen molar-refractivity contribution in [2.75, 3.05) is 13.2 Å². The SMILES string of the molecule is C=C1C=CN([C@@H]2O[C@H](CO[P@@](=O)(N[C@H]3CCOC3=O)Oc3ccccc3)[C@@H](O)C2(F)F)C(=O)N1. The van der Waals surface area contributed by atoms with Crippen LogP contribution >= 0.6 is 7.75 Å². The summed E-state index contributed by atoms with van der Waals surface area (Å²) in [6.45, 7) is 2.79. The van der Waals surface area contributed by atoms with Gasteiger partial charge in [-0.2, -0.15) is 13.9 Å². The van der Waals surface area contributed by atoms with Crippen LogP contribution in [0.4, 0.5) is 13.6 Å². The number of benzene rings is 1. The highest BCUT2D eigenvalue weighted by atomic mass is 31.2. The van der Waals surface area contributed by atoms with Crippen LogP contribution in [0.2, 0.25) is 0 Å². The number of urea groups is 1. The largest absolute Gasteiger partial charge is 0.464 e. The number of esters is 1. The fourth-order valence-electron chi connectivity index (χ4n) is 3.46. The second-order valence-electron chi connectivity index (χ2n) is 7.66. The van der Waals surface area contributed by atoms with Gasteiger partial charge in [0.1, 0.15) is 17.9 Å². The Kier molecular flexibility index (Phi) is 6.74. The van der Waals surface area contributed by atoms with Crippen LogP contribution in [0.15, 0.2) is 54.9 Å². The second kappa shape index (κ2) is 9.43. The van der Waals surface area contributed by atoms with Gasteiger partial charge in [-0.1, -0.05) is 24.8 Å². The molecule has 5 atom stereocenters. The Morgan fingerprint density at radius 1 is 1.32 bits per heavy atom. The number of hydrogen-bond acceptors (Lipinski definition) is 8. The molecule has 2 fully saturated rings. The first-order chi connectivity index (χ1) is 16.1. The lowest BCUT2D eigenvalue weighted by atomic mass is 10.1. The zero-order valence-electron chi connectivity index (χ0n) is 17.6. The first-order valence-corrected chi connectivity index (χ1v) is 11.7. The average molecular weight is 501 g/mol. The van der Waals surface area contributed by atoms with Crippen LogP contribution in [0, 0.1) is 0 Å². The van der Waals surface area contributed by atoms with E-state index in [2.05, 4.69) is 17.0 Å². The number of alkyl halides is 2. The molecule has 4 rings (SSSR count). The van der Waals surface area contributed by atoms with Crippen LogP contribution in [0.1, 0.15) is 6.42 Å². The number of allylic oxidation sites excluding steroid dienone is 1. The molecule has 3 N–H and O–H groups in total. The zero-order valence-corrected chi connectivity index (χ0v) is 18.5. The van der Waals surface area contributed by atoms with E-state index in [4.69, 9.17) is 18.5 Å². The van der Waals surface area contributed by atoms with Gasteiger partial charge in [0, 0.05) is 18.3 Å². The second-order valence-corrected chi connectivity index (χ2v) is 9.35. The summed E-state index contributed by atoms with van der Waals surface area (Å²) in [5.41, 5.74) is 0.193. The number of cyclic esters (lactones) is 1. The van der Waals surface area contributed by atoms with Crippen molar-refractivity contribution in [3.05, 3.63) is 54.9 Å². The van der Waals surface area contributed by atoms with Crippen LogP contribution in [0.3, 0.4) is 0 Å². The minimum atomic E-state index is -4.33. The van der Waals surface area contributed by atoms with E-state index < -0.39 is 56.8 Å². The number of aliphatic hydroxyl groups is 1. The van der Waals surface area contributed by atoms with Gasteiger partial charge in [-0.25, -0.2) is 9.36 Å². The molecule has 14 heteroatoms. The Balaban J connectivity index is 1.49. The first kappa shape index (κ1) is 24.3. The number of rotatable bonds is 8. The normalized spacial score (nSPS) is 30.1. The third-order valence-electron chi connectivity index (χ3n) is 5.20. The lowest BCUT2D eigenvalue weighted by Crippen LogP contribution is -2.53. The van der Waals surface area contributed by atoms with Crippen molar-refractivity contribution in [2.45, 2.75) is 36.8 Å². The van der Waals surface area contributed by atoms with E-state index in [-0.39, 0.29) is 24.5 Å². The molecule has 0 spiro atoms. The van der Waals surface area contributed by atoms with Crippen LogP contribution in [-0.4, -0.2) is 65.6 Å². The van der Waals surface area contributed by atoms with E-state index in [1.807, 2.05) is 0 Å². The smallest absolute Gasteiger partial charge is 0.459 e. The molecule has 0 unspecified atom stereocenters. The molecule has 0 saturated carbocycles. The van der Waals surface area contributed by atoms with E-state index in [1.54, 1.807) is 18.2 Å². The fraction of sp³-hybridized carbons (Fsp3) is 0.400. The highest BCUT2D eigenvalue weighted by Gasteiger charge is 2.61. The maximum Gasteiger partial charge on any atom is 0.459 e. The summed E-state index contributed by atoms with van der Waals surface area (Å²) in [4.78, 5) is 24.5. The molecule has 34 heavy (non-hydrogen) atoms. The van der Waals surface area contributed by atoms with E-state index in [1.165, 1.54) is 18.2 Å². The van der Waals surface area contributed by atoms with Gasteiger partial charge < -0.3 is 24.4 Å². The molecule has 184 valence electrons. The fourth-order valence-corrected chi connectivity index (χ4v) is 5.00. The van der Waals surface area contributed by atoms with Crippen molar-refractivity contribution in [3.63, 3.8) is 0 Å². The average Bonchev–Trinajstić information content (AvgIpc) is 3.28. The monoisotopic (exact) mass is 501 g/mol. The van der Waals surface area contributed by atoms with Crippen molar-refractivity contribution in [1.29, 1.82) is 0 Å². The summed E-state index contributed by atoms with van der Waals surface area (Å²) in [6.07, 6.45) is -3.72. The van der Waals surface area contributed by atoms with Gasteiger partial charge in [0.15, 0.2) is 6.10 Å².